The lowest BCUT2D eigenvalue weighted by Crippen LogP contribution is -3.14. The van der Waals surface area contributed by atoms with E-state index in [0.29, 0.717) is 12.1 Å². The largest absolute Gasteiger partial charge is 0.345 e. The minimum Gasteiger partial charge on any atom is -0.345 e. The highest BCUT2D eigenvalue weighted by Gasteiger charge is 2.22. The van der Waals surface area contributed by atoms with Crippen molar-refractivity contribution in [1.29, 1.82) is 0 Å². The molecule has 1 aliphatic heterocycles. The van der Waals surface area contributed by atoms with Crippen LogP contribution in [0.3, 0.4) is 0 Å². The first kappa shape index (κ1) is 15.9. The maximum atomic E-state index is 13.7. The van der Waals surface area contributed by atoms with Gasteiger partial charge in [0.25, 0.3) is 5.91 Å². The van der Waals surface area contributed by atoms with Gasteiger partial charge in [-0.3, -0.25) is 4.79 Å². The number of rotatable bonds is 4. The lowest BCUT2D eigenvalue weighted by molar-refractivity contribution is -0.898. The van der Waals surface area contributed by atoms with Gasteiger partial charge in [-0.2, -0.15) is 0 Å². The van der Waals surface area contributed by atoms with Crippen LogP contribution in [0.1, 0.15) is 38.3 Å². The van der Waals surface area contributed by atoms with Gasteiger partial charge < -0.3 is 10.2 Å². The molecule has 3 nitrogen and oxygen atoms in total. The van der Waals surface area contributed by atoms with Crippen molar-refractivity contribution >= 4 is 5.91 Å². The maximum Gasteiger partial charge on any atom is 0.275 e. The number of amides is 1. The second kappa shape index (κ2) is 6.98. The Morgan fingerprint density at radius 2 is 2.05 bits per heavy atom. The van der Waals surface area contributed by atoms with E-state index in [1.54, 1.807) is 6.92 Å². The molecule has 0 unspecified atom stereocenters. The molecule has 0 spiro atoms. The van der Waals surface area contributed by atoms with E-state index in [4.69, 9.17) is 0 Å². The molecule has 2 rings (SSSR count). The highest BCUT2D eigenvalue weighted by Crippen LogP contribution is 2.17. The molecule has 0 radical (unpaired) electrons. The molecule has 1 aliphatic rings. The molecule has 1 aromatic carbocycles. The Morgan fingerprint density at radius 3 is 2.67 bits per heavy atom. The molecule has 2 N–H and O–H groups in total. The molecule has 0 aliphatic carbocycles. The molecule has 5 heteroatoms. The lowest BCUT2D eigenvalue weighted by Gasteiger charge is -2.27. The molecular formula is C16H23F2N2O+. The van der Waals surface area contributed by atoms with E-state index < -0.39 is 17.7 Å². The minimum absolute atomic E-state index is 0.0872. The minimum atomic E-state index is -0.623. The Kier molecular flexibility index (Phi) is 5.28. The summed E-state index contributed by atoms with van der Waals surface area (Å²) in [6.07, 6.45) is 2.29. The number of carbonyl (C=O) groups excluding carboxylic acids is 1. The van der Waals surface area contributed by atoms with Crippen molar-refractivity contribution in [3.05, 3.63) is 35.4 Å². The van der Waals surface area contributed by atoms with Gasteiger partial charge in [0.1, 0.15) is 11.6 Å². The van der Waals surface area contributed by atoms with Crippen LogP contribution in [-0.4, -0.2) is 25.5 Å². The first-order valence-electron chi connectivity index (χ1n) is 7.53. The summed E-state index contributed by atoms with van der Waals surface area (Å²) in [6.45, 7) is 6.37. The summed E-state index contributed by atoms with van der Waals surface area (Å²) in [5.74, 6) is -0.580. The molecule has 1 fully saturated rings. The number of carbonyl (C=O) groups is 1. The fourth-order valence-electron chi connectivity index (χ4n) is 2.80. The second-order valence-electron chi connectivity index (χ2n) is 6.06. The van der Waals surface area contributed by atoms with Gasteiger partial charge in [-0.1, -0.05) is 13.0 Å². The maximum absolute atomic E-state index is 13.7. The summed E-state index contributed by atoms with van der Waals surface area (Å²) in [5, 5.41) is 2.79. The Bertz CT molecular complexity index is 499. The Balaban J connectivity index is 1.87. The quantitative estimate of drug-likeness (QED) is 0.867. The van der Waals surface area contributed by atoms with Crippen molar-refractivity contribution in [2.45, 2.75) is 32.7 Å². The highest BCUT2D eigenvalue weighted by molar-refractivity contribution is 5.77. The van der Waals surface area contributed by atoms with Gasteiger partial charge >= 0.3 is 0 Å². The summed E-state index contributed by atoms with van der Waals surface area (Å²) in [4.78, 5) is 13.3. The van der Waals surface area contributed by atoms with E-state index >= 15 is 0 Å². The molecule has 1 amide bonds. The first-order chi connectivity index (χ1) is 9.95. The molecule has 1 heterocycles. The van der Waals surface area contributed by atoms with Crippen LogP contribution in [0.5, 0.6) is 0 Å². The van der Waals surface area contributed by atoms with Crippen molar-refractivity contribution in [1.82, 2.24) is 5.32 Å². The Hall–Kier alpha value is -1.49. The lowest BCUT2D eigenvalue weighted by atomic mass is 9.99. The second-order valence-corrected chi connectivity index (χ2v) is 6.06. The number of piperidine rings is 1. The smallest absolute Gasteiger partial charge is 0.275 e. The third-order valence-corrected chi connectivity index (χ3v) is 4.20. The zero-order chi connectivity index (χ0) is 15.4. The van der Waals surface area contributed by atoms with Crippen LogP contribution >= 0.6 is 0 Å². The summed E-state index contributed by atoms with van der Waals surface area (Å²) in [7, 11) is 0. The number of hydrogen-bond acceptors (Lipinski definition) is 1. The van der Waals surface area contributed by atoms with Crippen molar-refractivity contribution in [3.63, 3.8) is 0 Å². The third kappa shape index (κ3) is 4.49. The molecular weight excluding hydrogens is 274 g/mol. The number of quaternary nitrogens is 1. The topological polar surface area (TPSA) is 33.5 Å². The number of benzene rings is 1. The summed E-state index contributed by atoms with van der Waals surface area (Å²) in [5.41, 5.74) is 0.312. The monoisotopic (exact) mass is 297 g/mol. The van der Waals surface area contributed by atoms with Crippen LogP contribution in [0.4, 0.5) is 8.78 Å². The normalized spacial score (nSPS) is 23.6. The number of halogens is 2. The highest BCUT2D eigenvalue weighted by atomic mass is 19.1. The van der Waals surface area contributed by atoms with E-state index in [0.717, 1.165) is 37.9 Å². The van der Waals surface area contributed by atoms with Gasteiger partial charge in [-0.25, -0.2) is 8.78 Å². The third-order valence-electron chi connectivity index (χ3n) is 4.20. The molecule has 1 atom stereocenters. The summed E-state index contributed by atoms with van der Waals surface area (Å²) in [6, 6.07) is 2.97. The molecule has 0 saturated carbocycles. The summed E-state index contributed by atoms with van der Waals surface area (Å²) < 4.78 is 26.5. The van der Waals surface area contributed by atoms with Crippen LogP contribution in [-0.2, 0) is 4.79 Å². The fourth-order valence-corrected chi connectivity index (χ4v) is 2.80. The van der Waals surface area contributed by atoms with E-state index in [-0.39, 0.29) is 5.91 Å². The van der Waals surface area contributed by atoms with Crippen molar-refractivity contribution in [2.75, 3.05) is 19.6 Å². The van der Waals surface area contributed by atoms with Crippen LogP contribution < -0.4 is 10.2 Å². The molecule has 0 aromatic heterocycles. The molecule has 1 saturated heterocycles. The Morgan fingerprint density at radius 1 is 1.38 bits per heavy atom. The fraction of sp³-hybridized carbons (Fsp3) is 0.562. The van der Waals surface area contributed by atoms with Gasteiger partial charge in [0.15, 0.2) is 6.54 Å². The standard InChI is InChI=1S/C16H22F2N2O/c1-11-5-7-20(8-6-11)10-16(21)19-12(2)14-4-3-13(17)9-15(14)18/h3-4,9,11-12H,5-8,10H2,1-2H3,(H,19,21)/p+1/t12-/m1/s1. The Labute approximate surface area is 124 Å². The van der Waals surface area contributed by atoms with Crippen LogP contribution in [0.2, 0.25) is 0 Å². The van der Waals surface area contributed by atoms with Crippen LogP contribution in [0, 0.1) is 17.6 Å². The average Bonchev–Trinajstić information content (AvgIpc) is 2.41. The van der Waals surface area contributed by atoms with Crippen molar-refractivity contribution in [3.8, 4) is 0 Å². The van der Waals surface area contributed by atoms with Gasteiger partial charge in [0.2, 0.25) is 0 Å². The predicted octanol–water partition coefficient (Wildman–Crippen LogP) is 1.46. The zero-order valence-corrected chi connectivity index (χ0v) is 12.6. The number of likely N-dealkylation sites (tertiary alicyclic amines) is 1. The summed E-state index contributed by atoms with van der Waals surface area (Å²) >= 11 is 0. The molecule has 21 heavy (non-hydrogen) atoms. The molecule has 1 aromatic rings. The average molecular weight is 297 g/mol. The first-order valence-corrected chi connectivity index (χ1v) is 7.53. The van der Waals surface area contributed by atoms with Crippen molar-refractivity contribution < 1.29 is 18.5 Å². The zero-order valence-electron chi connectivity index (χ0n) is 12.6. The van der Waals surface area contributed by atoms with Gasteiger partial charge in [-0.05, 0) is 31.7 Å². The van der Waals surface area contributed by atoms with Crippen LogP contribution in [0.25, 0.3) is 0 Å². The predicted molar refractivity (Wildman–Crippen MR) is 76.9 cm³/mol. The van der Waals surface area contributed by atoms with E-state index in [1.165, 1.54) is 17.0 Å². The van der Waals surface area contributed by atoms with Crippen molar-refractivity contribution in [2.24, 2.45) is 5.92 Å². The molecule has 116 valence electrons. The number of hydrogen-bond donors (Lipinski definition) is 2. The SMILES string of the molecule is CC1CC[NH+](CC(=O)N[C@H](C)c2ccc(F)cc2F)CC1. The van der Waals surface area contributed by atoms with Gasteiger partial charge in [0, 0.05) is 11.6 Å². The van der Waals surface area contributed by atoms with E-state index in [2.05, 4.69) is 12.2 Å². The molecule has 0 bridgehead atoms. The van der Waals surface area contributed by atoms with Gasteiger partial charge in [0.05, 0.1) is 19.1 Å². The van der Waals surface area contributed by atoms with Gasteiger partial charge in [-0.15, -0.1) is 0 Å². The number of nitrogens with one attached hydrogen (secondary N) is 2. The van der Waals surface area contributed by atoms with E-state index in [1.807, 2.05) is 0 Å². The van der Waals surface area contributed by atoms with Crippen LogP contribution in [0.15, 0.2) is 18.2 Å². The van der Waals surface area contributed by atoms with E-state index in [9.17, 15) is 13.6 Å².